The molecule has 1 aliphatic rings. The normalized spacial score (nSPS) is 17.3. The summed E-state index contributed by atoms with van der Waals surface area (Å²) >= 11 is 0. The van der Waals surface area contributed by atoms with E-state index in [1.54, 1.807) is 0 Å². The van der Waals surface area contributed by atoms with Crippen LogP contribution in [0.25, 0.3) is 10.8 Å². The number of nitrogens with one attached hydrogen (secondary N) is 1. The van der Waals surface area contributed by atoms with Crippen LogP contribution in [0.15, 0.2) is 79.1 Å². The number of fused-ring (bicyclic) bond motifs is 1. The maximum absolute atomic E-state index is 13.0. The Hall–Kier alpha value is -3.64. The first-order valence-electron chi connectivity index (χ1n) is 10.8. The lowest BCUT2D eigenvalue weighted by Gasteiger charge is -2.14. The Morgan fingerprint density at radius 2 is 1.81 bits per heavy atom. The minimum absolute atomic E-state index is 0.127. The van der Waals surface area contributed by atoms with E-state index in [-0.39, 0.29) is 5.91 Å². The molecule has 6 nitrogen and oxygen atoms in total. The number of hydrogen-bond acceptors (Lipinski definition) is 4. The maximum Gasteiger partial charge on any atom is 0.255 e. The summed E-state index contributed by atoms with van der Waals surface area (Å²) < 4.78 is 8.01. The predicted molar refractivity (Wildman–Crippen MR) is 124 cm³/mol. The van der Waals surface area contributed by atoms with Gasteiger partial charge in [0.15, 0.2) is 0 Å². The van der Waals surface area contributed by atoms with Gasteiger partial charge in [-0.05, 0) is 28.5 Å². The average Bonchev–Trinajstić information content (AvgIpc) is 3.43. The number of hydrogen-bond donors (Lipinski definition) is 1. The second kappa shape index (κ2) is 8.85. The van der Waals surface area contributed by atoms with Crippen LogP contribution in [0, 0.1) is 0 Å². The number of rotatable bonds is 8. The zero-order valence-electron chi connectivity index (χ0n) is 18.1. The molecule has 5 rings (SSSR count). The lowest BCUT2D eigenvalue weighted by Crippen LogP contribution is -2.24. The number of carbonyl (C=O) groups excluding carboxylic acids is 1. The smallest absolute Gasteiger partial charge is 0.255 e. The molecular weight excluding hydrogens is 400 g/mol. The van der Waals surface area contributed by atoms with Crippen molar-refractivity contribution in [3.05, 3.63) is 95.8 Å². The molecule has 6 heteroatoms. The van der Waals surface area contributed by atoms with Gasteiger partial charge >= 0.3 is 0 Å². The Morgan fingerprint density at radius 3 is 2.56 bits per heavy atom. The zero-order valence-corrected chi connectivity index (χ0v) is 18.1. The van der Waals surface area contributed by atoms with E-state index in [0.717, 1.165) is 29.4 Å². The third-order valence-corrected chi connectivity index (χ3v) is 5.79. The van der Waals surface area contributed by atoms with Crippen molar-refractivity contribution >= 4 is 16.7 Å². The van der Waals surface area contributed by atoms with Crippen LogP contribution in [0.5, 0.6) is 5.75 Å². The van der Waals surface area contributed by atoms with E-state index in [9.17, 15) is 4.79 Å². The summed E-state index contributed by atoms with van der Waals surface area (Å²) in [5.74, 6) is 0.500. The molecule has 2 heterocycles. The minimum atomic E-state index is -0.127. The standard InChI is InChI=1S/C26H26N4O2/c1-29-15-20(14-28-29)16-30-17-23(30)18-32-25-12-22-10-6-5-9-21(22)11-24(25)26(31)27-13-19-7-3-2-4-8-19/h2-12,14-15,23H,13,16-18H2,1H3,(H,27,31). The molecule has 1 saturated heterocycles. The first-order chi connectivity index (χ1) is 15.7. The van der Waals surface area contributed by atoms with Crippen LogP contribution in [-0.4, -0.2) is 39.8 Å². The fraction of sp³-hybridized carbons (Fsp3) is 0.231. The van der Waals surface area contributed by atoms with E-state index < -0.39 is 0 Å². The third-order valence-electron chi connectivity index (χ3n) is 5.79. The Morgan fingerprint density at radius 1 is 1.06 bits per heavy atom. The molecular formula is C26H26N4O2. The van der Waals surface area contributed by atoms with Gasteiger partial charge < -0.3 is 10.1 Å². The molecule has 2 atom stereocenters. The monoisotopic (exact) mass is 426 g/mol. The number of aromatic nitrogens is 2. The first kappa shape index (κ1) is 20.3. The minimum Gasteiger partial charge on any atom is -0.491 e. The molecule has 4 aromatic rings. The summed E-state index contributed by atoms with van der Waals surface area (Å²) in [6.45, 7) is 2.88. The number of carbonyl (C=O) groups is 1. The molecule has 0 aliphatic carbocycles. The Bertz CT molecular complexity index is 1240. The Labute approximate surface area is 187 Å². The molecule has 1 aromatic heterocycles. The van der Waals surface area contributed by atoms with E-state index in [1.807, 2.05) is 90.9 Å². The average molecular weight is 427 g/mol. The molecule has 0 spiro atoms. The van der Waals surface area contributed by atoms with Gasteiger partial charge in [-0.3, -0.25) is 14.4 Å². The van der Waals surface area contributed by atoms with Crippen molar-refractivity contribution in [1.29, 1.82) is 0 Å². The summed E-state index contributed by atoms with van der Waals surface area (Å²) in [5.41, 5.74) is 2.83. The fourth-order valence-electron chi connectivity index (χ4n) is 3.94. The van der Waals surface area contributed by atoms with E-state index in [0.29, 0.717) is 30.5 Å². The Balaban J connectivity index is 1.28. The lowest BCUT2D eigenvalue weighted by atomic mass is 10.1. The van der Waals surface area contributed by atoms with Gasteiger partial charge in [-0.2, -0.15) is 5.10 Å². The molecule has 0 radical (unpaired) electrons. The van der Waals surface area contributed by atoms with Crippen LogP contribution in [0.2, 0.25) is 0 Å². The molecule has 3 aromatic carbocycles. The van der Waals surface area contributed by atoms with Crippen LogP contribution >= 0.6 is 0 Å². The predicted octanol–water partition coefficient (Wildman–Crippen LogP) is 3.77. The van der Waals surface area contributed by atoms with Gasteiger partial charge in [0.1, 0.15) is 12.4 Å². The molecule has 1 fully saturated rings. The highest BCUT2D eigenvalue weighted by atomic mass is 16.5. The summed E-state index contributed by atoms with van der Waals surface area (Å²) in [6.07, 6.45) is 3.93. The molecule has 0 saturated carbocycles. The molecule has 1 amide bonds. The Kier molecular flexibility index (Phi) is 5.60. The number of amides is 1. The van der Waals surface area contributed by atoms with Crippen molar-refractivity contribution in [2.24, 2.45) is 7.05 Å². The van der Waals surface area contributed by atoms with E-state index in [1.165, 1.54) is 5.56 Å². The van der Waals surface area contributed by atoms with Gasteiger partial charge in [0, 0.05) is 38.4 Å². The van der Waals surface area contributed by atoms with Crippen LogP contribution < -0.4 is 10.1 Å². The summed E-state index contributed by atoms with van der Waals surface area (Å²) in [4.78, 5) is 15.4. The van der Waals surface area contributed by atoms with Crippen molar-refractivity contribution in [2.75, 3.05) is 13.2 Å². The fourth-order valence-corrected chi connectivity index (χ4v) is 3.94. The molecule has 162 valence electrons. The number of benzene rings is 3. The zero-order chi connectivity index (χ0) is 21.9. The highest BCUT2D eigenvalue weighted by Crippen LogP contribution is 2.28. The number of aryl methyl sites for hydroxylation is 1. The van der Waals surface area contributed by atoms with Gasteiger partial charge in [0.25, 0.3) is 5.91 Å². The highest BCUT2D eigenvalue weighted by Gasteiger charge is 2.34. The first-order valence-corrected chi connectivity index (χ1v) is 10.8. The third kappa shape index (κ3) is 4.65. The summed E-state index contributed by atoms with van der Waals surface area (Å²) in [7, 11) is 1.93. The van der Waals surface area contributed by atoms with Gasteiger partial charge in [-0.25, -0.2) is 0 Å². The maximum atomic E-state index is 13.0. The van der Waals surface area contributed by atoms with Crippen LogP contribution in [0.3, 0.4) is 0 Å². The van der Waals surface area contributed by atoms with E-state index in [4.69, 9.17) is 4.74 Å². The largest absolute Gasteiger partial charge is 0.491 e. The summed E-state index contributed by atoms with van der Waals surface area (Å²) in [5, 5.41) is 9.34. The van der Waals surface area contributed by atoms with Crippen molar-refractivity contribution in [3.63, 3.8) is 0 Å². The molecule has 32 heavy (non-hydrogen) atoms. The van der Waals surface area contributed by atoms with Gasteiger partial charge in [0.2, 0.25) is 0 Å². The van der Waals surface area contributed by atoms with Crippen LogP contribution in [0.4, 0.5) is 0 Å². The number of nitrogens with zero attached hydrogens (tertiary/aromatic N) is 3. The van der Waals surface area contributed by atoms with Gasteiger partial charge in [-0.15, -0.1) is 0 Å². The van der Waals surface area contributed by atoms with Gasteiger partial charge in [-0.1, -0.05) is 54.6 Å². The highest BCUT2D eigenvalue weighted by molar-refractivity contribution is 6.01. The molecule has 1 aliphatic heterocycles. The lowest BCUT2D eigenvalue weighted by molar-refractivity contribution is 0.0947. The summed E-state index contributed by atoms with van der Waals surface area (Å²) in [6, 6.07) is 22.2. The van der Waals surface area contributed by atoms with E-state index in [2.05, 4.69) is 15.3 Å². The van der Waals surface area contributed by atoms with Crippen LogP contribution in [-0.2, 0) is 20.1 Å². The number of ether oxygens (including phenoxy) is 1. The van der Waals surface area contributed by atoms with Crippen molar-refractivity contribution in [3.8, 4) is 5.75 Å². The van der Waals surface area contributed by atoms with Crippen molar-refractivity contribution < 1.29 is 9.53 Å². The molecule has 2 unspecified atom stereocenters. The second-order valence-corrected chi connectivity index (χ2v) is 8.28. The SMILES string of the molecule is Cn1cc(CN2CC2COc2cc3ccccc3cc2C(=O)NCc2ccccc2)cn1. The topological polar surface area (TPSA) is 59.2 Å². The van der Waals surface area contributed by atoms with Crippen LogP contribution in [0.1, 0.15) is 21.5 Å². The molecule has 0 bridgehead atoms. The van der Waals surface area contributed by atoms with Gasteiger partial charge in [0.05, 0.1) is 17.8 Å². The van der Waals surface area contributed by atoms with Crippen molar-refractivity contribution in [1.82, 2.24) is 20.0 Å². The van der Waals surface area contributed by atoms with Crippen molar-refractivity contribution in [2.45, 2.75) is 19.1 Å². The quantitative estimate of drug-likeness (QED) is 0.436. The molecule has 1 N–H and O–H groups in total. The van der Waals surface area contributed by atoms with E-state index >= 15 is 0 Å². The second-order valence-electron chi connectivity index (χ2n) is 8.28.